The number of anilines is 1. The lowest BCUT2D eigenvalue weighted by Gasteiger charge is -2.24. The normalized spacial score (nSPS) is 15.5. The van der Waals surface area contributed by atoms with E-state index >= 15 is 0 Å². The monoisotopic (exact) mass is 389 g/mol. The van der Waals surface area contributed by atoms with E-state index in [4.69, 9.17) is 4.74 Å². The molecule has 3 rings (SSSR count). The Balaban J connectivity index is 1.84. The van der Waals surface area contributed by atoms with E-state index in [1.807, 2.05) is 0 Å². The molecule has 0 bridgehead atoms. The van der Waals surface area contributed by atoms with Gasteiger partial charge in [-0.15, -0.1) is 0 Å². The average molecular weight is 389 g/mol. The van der Waals surface area contributed by atoms with E-state index in [1.54, 1.807) is 25.1 Å². The highest BCUT2D eigenvalue weighted by Gasteiger charge is 2.27. The van der Waals surface area contributed by atoms with Crippen molar-refractivity contribution in [3.05, 3.63) is 64.0 Å². The highest BCUT2D eigenvalue weighted by atomic mass is 32.2. The number of halogens is 1. The predicted molar refractivity (Wildman–Crippen MR) is 102 cm³/mol. The van der Waals surface area contributed by atoms with Crippen molar-refractivity contribution in [1.29, 1.82) is 0 Å². The van der Waals surface area contributed by atoms with Gasteiger partial charge in [0.2, 0.25) is 0 Å². The van der Waals surface area contributed by atoms with E-state index in [0.29, 0.717) is 22.1 Å². The molecule has 0 spiro atoms. The SMILES string of the molecule is CCOC(=O)CC1SC(Nc2ccc([N+](=O)[O-])cc2)=Nc2ccc(F)cc21. The van der Waals surface area contributed by atoms with Crippen LogP contribution in [-0.2, 0) is 9.53 Å². The summed E-state index contributed by atoms with van der Waals surface area (Å²) in [6.45, 7) is 2.00. The molecule has 2 aromatic rings. The highest BCUT2D eigenvalue weighted by Crippen LogP contribution is 2.43. The third kappa shape index (κ3) is 4.62. The van der Waals surface area contributed by atoms with Gasteiger partial charge in [-0.25, -0.2) is 9.38 Å². The number of nitro groups is 1. The minimum Gasteiger partial charge on any atom is -0.466 e. The third-order valence-corrected chi connectivity index (χ3v) is 4.92. The molecule has 0 aromatic heterocycles. The van der Waals surface area contributed by atoms with E-state index in [-0.39, 0.29) is 29.9 Å². The number of non-ortho nitro benzene ring substituents is 1. The second-order valence-electron chi connectivity index (χ2n) is 5.66. The number of carbonyl (C=O) groups is 1. The number of amidine groups is 1. The maximum absolute atomic E-state index is 13.7. The smallest absolute Gasteiger partial charge is 0.307 e. The zero-order chi connectivity index (χ0) is 19.4. The van der Waals surface area contributed by atoms with E-state index in [1.165, 1.54) is 36.0 Å². The largest absolute Gasteiger partial charge is 0.466 e. The highest BCUT2D eigenvalue weighted by molar-refractivity contribution is 8.14. The lowest BCUT2D eigenvalue weighted by Crippen LogP contribution is -2.17. The molecular formula is C18H16FN3O4S. The molecule has 1 unspecified atom stereocenters. The summed E-state index contributed by atoms with van der Waals surface area (Å²) in [5, 5.41) is 14.0. The Kier molecular flexibility index (Phi) is 5.70. The van der Waals surface area contributed by atoms with Gasteiger partial charge in [-0.05, 0) is 42.8 Å². The Morgan fingerprint density at radius 1 is 1.33 bits per heavy atom. The summed E-state index contributed by atoms with van der Waals surface area (Å²) < 4.78 is 18.7. The van der Waals surface area contributed by atoms with Crippen LogP contribution >= 0.6 is 11.8 Å². The van der Waals surface area contributed by atoms with Crippen molar-refractivity contribution in [3.8, 4) is 0 Å². The van der Waals surface area contributed by atoms with Crippen LogP contribution in [0.15, 0.2) is 47.5 Å². The number of nitro benzene ring substituents is 1. The summed E-state index contributed by atoms with van der Waals surface area (Å²) in [6, 6.07) is 10.1. The quantitative estimate of drug-likeness (QED) is 0.457. The molecule has 0 saturated heterocycles. The van der Waals surface area contributed by atoms with Gasteiger partial charge in [0.05, 0.1) is 28.9 Å². The third-order valence-electron chi connectivity index (χ3n) is 3.80. The molecule has 1 aliphatic heterocycles. The topological polar surface area (TPSA) is 93.8 Å². The molecule has 1 heterocycles. The first-order chi connectivity index (χ1) is 13.0. The van der Waals surface area contributed by atoms with Crippen LogP contribution in [0, 0.1) is 15.9 Å². The number of benzene rings is 2. The molecule has 0 aliphatic carbocycles. The minimum absolute atomic E-state index is 0.0141. The van der Waals surface area contributed by atoms with Crippen molar-refractivity contribution >= 4 is 40.0 Å². The average Bonchev–Trinajstić information content (AvgIpc) is 2.63. The van der Waals surface area contributed by atoms with Gasteiger partial charge >= 0.3 is 5.97 Å². The summed E-state index contributed by atoms with van der Waals surface area (Å²) in [5.74, 6) is -0.771. The number of esters is 1. The van der Waals surface area contributed by atoms with Gasteiger partial charge in [0.25, 0.3) is 5.69 Å². The Morgan fingerprint density at radius 2 is 2.07 bits per heavy atom. The second kappa shape index (κ2) is 8.17. The zero-order valence-electron chi connectivity index (χ0n) is 14.3. The Labute approximate surface area is 158 Å². The minimum atomic E-state index is -0.475. The Morgan fingerprint density at radius 3 is 2.74 bits per heavy atom. The van der Waals surface area contributed by atoms with Crippen LogP contribution < -0.4 is 5.32 Å². The molecule has 1 aliphatic rings. The van der Waals surface area contributed by atoms with Crippen LogP contribution in [0.5, 0.6) is 0 Å². The van der Waals surface area contributed by atoms with Crippen LogP contribution in [-0.4, -0.2) is 22.7 Å². The lowest BCUT2D eigenvalue weighted by molar-refractivity contribution is -0.384. The summed E-state index contributed by atoms with van der Waals surface area (Å²) in [4.78, 5) is 26.7. The zero-order valence-corrected chi connectivity index (χ0v) is 15.2. The molecule has 0 saturated carbocycles. The fourth-order valence-electron chi connectivity index (χ4n) is 2.59. The molecule has 0 radical (unpaired) electrons. The maximum Gasteiger partial charge on any atom is 0.307 e. The van der Waals surface area contributed by atoms with Crippen LogP contribution in [0.3, 0.4) is 0 Å². The van der Waals surface area contributed by atoms with Crippen molar-refractivity contribution in [2.75, 3.05) is 11.9 Å². The molecule has 0 fully saturated rings. The molecule has 1 N–H and O–H groups in total. The van der Waals surface area contributed by atoms with E-state index in [2.05, 4.69) is 10.3 Å². The molecule has 140 valence electrons. The number of ether oxygens (including phenoxy) is 1. The summed E-state index contributed by atoms with van der Waals surface area (Å²) >= 11 is 1.28. The number of nitrogens with zero attached hydrogens (tertiary/aromatic N) is 2. The number of hydrogen-bond donors (Lipinski definition) is 1. The van der Waals surface area contributed by atoms with Gasteiger partial charge in [0, 0.05) is 17.8 Å². The number of hydrogen-bond acceptors (Lipinski definition) is 7. The molecule has 1 atom stereocenters. The molecular weight excluding hydrogens is 373 g/mol. The lowest BCUT2D eigenvalue weighted by atomic mass is 10.1. The van der Waals surface area contributed by atoms with E-state index in [0.717, 1.165) is 0 Å². The van der Waals surface area contributed by atoms with E-state index < -0.39 is 10.7 Å². The number of fused-ring (bicyclic) bond motifs is 1. The van der Waals surface area contributed by atoms with Crippen molar-refractivity contribution in [3.63, 3.8) is 0 Å². The van der Waals surface area contributed by atoms with Crippen LogP contribution in [0.1, 0.15) is 24.2 Å². The number of aliphatic imine (C=N–C) groups is 1. The van der Waals surface area contributed by atoms with Gasteiger partial charge in [0.15, 0.2) is 5.17 Å². The first-order valence-electron chi connectivity index (χ1n) is 8.18. The molecule has 27 heavy (non-hydrogen) atoms. The summed E-state index contributed by atoms with van der Waals surface area (Å²) in [7, 11) is 0. The van der Waals surface area contributed by atoms with Crippen molar-refractivity contribution in [2.45, 2.75) is 18.6 Å². The number of nitrogens with one attached hydrogen (secondary N) is 1. The summed E-state index contributed by atoms with van der Waals surface area (Å²) in [5.41, 5.74) is 1.79. The standard InChI is InChI=1S/C18H16FN3O4S/c1-2-26-17(23)10-16-14-9-11(19)3-8-15(14)21-18(27-16)20-12-4-6-13(7-5-12)22(24)25/h3-9,16H,2,10H2,1H3,(H,20,21). The second-order valence-corrected chi connectivity index (χ2v) is 6.86. The summed E-state index contributed by atoms with van der Waals surface area (Å²) in [6.07, 6.45) is 0.0793. The number of carbonyl (C=O) groups excluding carboxylic acids is 1. The van der Waals surface area contributed by atoms with Crippen LogP contribution in [0.4, 0.5) is 21.5 Å². The first kappa shape index (κ1) is 18.8. The van der Waals surface area contributed by atoms with Crippen molar-refractivity contribution in [1.82, 2.24) is 0 Å². The fraction of sp³-hybridized carbons (Fsp3) is 0.222. The van der Waals surface area contributed by atoms with Gasteiger partial charge in [-0.1, -0.05) is 11.8 Å². The van der Waals surface area contributed by atoms with Gasteiger partial charge < -0.3 is 10.1 Å². The Bertz CT molecular complexity index is 902. The fourth-order valence-corrected chi connectivity index (χ4v) is 3.72. The van der Waals surface area contributed by atoms with Crippen LogP contribution in [0.2, 0.25) is 0 Å². The number of rotatable bonds is 5. The van der Waals surface area contributed by atoms with Crippen LogP contribution in [0.25, 0.3) is 0 Å². The van der Waals surface area contributed by atoms with Gasteiger partial charge in [-0.3, -0.25) is 14.9 Å². The number of thioether (sulfide) groups is 1. The molecule has 7 nitrogen and oxygen atoms in total. The van der Waals surface area contributed by atoms with Crippen molar-refractivity contribution in [2.24, 2.45) is 4.99 Å². The molecule has 2 aromatic carbocycles. The van der Waals surface area contributed by atoms with Gasteiger partial charge in [-0.2, -0.15) is 0 Å². The van der Waals surface area contributed by atoms with E-state index in [9.17, 15) is 19.3 Å². The maximum atomic E-state index is 13.7. The molecule has 0 amide bonds. The predicted octanol–water partition coefficient (Wildman–Crippen LogP) is 4.57. The van der Waals surface area contributed by atoms with Crippen molar-refractivity contribution < 1.29 is 18.8 Å². The first-order valence-corrected chi connectivity index (χ1v) is 9.06. The molecule has 9 heteroatoms. The Hall–Kier alpha value is -2.94. The van der Waals surface area contributed by atoms with Gasteiger partial charge in [0.1, 0.15) is 5.82 Å².